The standard InChI is InChI=1S/C23H22ClFN6O2/c1-12-9-31(11-19(33-12)14-8-26-30(3)10-14)20-7-18-21(23(32)28-13(2)27-18)22(29-20)16-5-4-15(24)6-17(16)25/h4-8,10,12,19H,9,11H2,1-3H3,(H,27,28,32)/t12-,19-/m1/s1. The number of rotatable bonds is 3. The van der Waals surface area contributed by atoms with E-state index in [-0.39, 0.29) is 39.4 Å². The van der Waals surface area contributed by atoms with Gasteiger partial charge in [-0.1, -0.05) is 11.6 Å². The van der Waals surface area contributed by atoms with Crippen LogP contribution in [0.4, 0.5) is 10.2 Å². The van der Waals surface area contributed by atoms with Gasteiger partial charge in [0.2, 0.25) is 0 Å². The molecule has 2 atom stereocenters. The quantitative estimate of drug-likeness (QED) is 0.492. The number of aromatic nitrogens is 5. The number of anilines is 1. The fourth-order valence-corrected chi connectivity index (χ4v) is 4.39. The summed E-state index contributed by atoms with van der Waals surface area (Å²) in [5.41, 5.74) is 1.45. The number of halogens is 2. The van der Waals surface area contributed by atoms with Crippen molar-refractivity contribution < 1.29 is 9.13 Å². The Bertz CT molecular complexity index is 1420. The van der Waals surface area contributed by atoms with Crippen molar-refractivity contribution in [2.45, 2.75) is 26.1 Å². The zero-order chi connectivity index (χ0) is 23.3. The third-order valence-corrected chi connectivity index (χ3v) is 5.90. The highest BCUT2D eigenvalue weighted by molar-refractivity contribution is 6.30. The first-order chi connectivity index (χ1) is 15.8. The largest absolute Gasteiger partial charge is 0.367 e. The number of fused-ring (bicyclic) bond motifs is 1. The molecule has 0 radical (unpaired) electrons. The highest BCUT2D eigenvalue weighted by Crippen LogP contribution is 2.33. The maximum absolute atomic E-state index is 14.9. The van der Waals surface area contributed by atoms with Gasteiger partial charge in [-0.2, -0.15) is 5.10 Å². The molecule has 1 aliphatic rings. The first-order valence-corrected chi connectivity index (χ1v) is 10.9. The molecule has 3 aromatic heterocycles. The second-order valence-corrected chi connectivity index (χ2v) is 8.72. The van der Waals surface area contributed by atoms with Crippen molar-refractivity contribution >= 4 is 28.3 Å². The predicted octanol–water partition coefficient (Wildman–Crippen LogP) is 3.79. The van der Waals surface area contributed by atoms with Crippen molar-refractivity contribution in [1.82, 2.24) is 24.7 Å². The molecule has 1 fully saturated rings. The smallest absolute Gasteiger partial charge is 0.260 e. The van der Waals surface area contributed by atoms with Gasteiger partial charge < -0.3 is 14.6 Å². The normalized spacial score (nSPS) is 18.8. The van der Waals surface area contributed by atoms with E-state index in [9.17, 15) is 9.18 Å². The van der Waals surface area contributed by atoms with Gasteiger partial charge in [-0.3, -0.25) is 9.48 Å². The van der Waals surface area contributed by atoms with E-state index in [2.05, 4.69) is 20.0 Å². The van der Waals surface area contributed by atoms with Crippen LogP contribution in [-0.2, 0) is 11.8 Å². The van der Waals surface area contributed by atoms with E-state index in [4.69, 9.17) is 21.3 Å². The second-order valence-electron chi connectivity index (χ2n) is 8.29. The van der Waals surface area contributed by atoms with Crippen LogP contribution in [0.15, 0.2) is 41.5 Å². The van der Waals surface area contributed by atoms with Crippen LogP contribution in [-0.4, -0.2) is 43.9 Å². The number of aromatic amines is 1. The van der Waals surface area contributed by atoms with Gasteiger partial charge in [0.05, 0.1) is 35.4 Å². The first kappa shape index (κ1) is 21.5. The highest BCUT2D eigenvalue weighted by atomic mass is 35.5. The average molecular weight is 469 g/mol. The van der Waals surface area contributed by atoms with Crippen molar-refractivity contribution in [2.24, 2.45) is 7.05 Å². The van der Waals surface area contributed by atoms with Crippen molar-refractivity contribution in [3.05, 3.63) is 69.2 Å². The number of hydrogen-bond acceptors (Lipinski definition) is 6. The molecule has 1 aromatic carbocycles. The van der Waals surface area contributed by atoms with Crippen LogP contribution in [0.2, 0.25) is 5.02 Å². The molecule has 0 unspecified atom stereocenters. The molecule has 10 heteroatoms. The minimum atomic E-state index is -0.558. The summed E-state index contributed by atoms with van der Waals surface area (Å²) in [6.45, 7) is 4.81. The number of benzene rings is 1. The van der Waals surface area contributed by atoms with Crippen LogP contribution in [0.1, 0.15) is 24.4 Å². The molecule has 5 rings (SSSR count). The maximum atomic E-state index is 14.9. The summed E-state index contributed by atoms with van der Waals surface area (Å²) in [6.07, 6.45) is 3.43. The highest BCUT2D eigenvalue weighted by Gasteiger charge is 2.29. The molecule has 4 heterocycles. The second kappa shape index (κ2) is 8.24. The predicted molar refractivity (Wildman–Crippen MR) is 124 cm³/mol. The summed E-state index contributed by atoms with van der Waals surface area (Å²) in [7, 11) is 1.86. The van der Waals surface area contributed by atoms with E-state index in [1.165, 1.54) is 12.1 Å². The Morgan fingerprint density at radius 1 is 1.24 bits per heavy atom. The van der Waals surface area contributed by atoms with Gasteiger partial charge in [-0.15, -0.1) is 0 Å². The van der Waals surface area contributed by atoms with Crippen LogP contribution in [0.3, 0.4) is 0 Å². The van der Waals surface area contributed by atoms with Crippen molar-refractivity contribution in [3.63, 3.8) is 0 Å². The molecule has 0 amide bonds. The van der Waals surface area contributed by atoms with Crippen LogP contribution < -0.4 is 10.5 Å². The molecule has 33 heavy (non-hydrogen) atoms. The molecule has 0 aliphatic carbocycles. The number of hydrogen-bond donors (Lipinski definition) is 1. The number of morpholine rings is 1. The average Bonchev–Trinajstić information content (AvgIpc) is 3.18. The monoisotopic (exact) mass is 468 g/mol. The summed E-state index contributed by atoms with van der Waals surface area (Å²) >= 11 is 5.95. The van der Waals surface area contributed by atoms with E-state index in [0.717, 1.165) is 5.56 Å². The lowest BCUT2D eigenvalue weighted by Crippen LogP contribution is -2.43. The van der Waals surface area contributed by atoms with Crippen LogP contribution >= 0.6 is 11.6 Å². The topological polar surface area (TPSA) is 88.9 Å². The number of nitrogens with one attached hydrogen (secondary N) is 1. The molecule has 170 valence electrons. The Morgan fingerprint density at radius 3 is 2.79 bits per heavy atom. The molecule has 0 spiro atoms. The Hall–Kier alpha value is -3.30. The molecule has 0 saturated carbocycles. The Morgan fingerprint density at radius 2 is 2.06 bits per heavy atom. The Balaban J connectivity index is 1.66. The summed E-state index contributed by atoms with van der Waals surface area (Å²) in [5, 5.41) is 4.74. The summed E-state index contributed by atoms with van der Waals surface area (Å²) in [6, 6.07) is 6.09. The molecular formula is C23H22ClFN6O2. The van der Waals surface area contributed by atoms with Crippen LogP contribution in [0, 0.1) is 12.7 Å². The summed E-state index contributed by atoms with van der Waals surface area (Å²) in [4.78, 5) is 26.8. The van der Waals surface area contributed by atoms with Crippen molar-refractivity contribution in [1.29, 1.82) is 0 Å². The van der Waals surface area contributed by atoms with E-state index >= 15 is 0 Å². The zero-order valence-electron chi connectivity index (χ0n) is 18.3. The summed E-state index contributed by atoms with van der Waals surface area (Å²) < 4.78 is 22.8. The lowest BCUT2D eigenvalue weighted by Gasteiger charge is -2.37. The van der Waals surface area contributed by atoms with Crippen molar-refractivity contribution in [3.8, 4) is 11.3 Å². The minimum Gasteiger partial charge on any atom is -0.367 e. The van der Waals surface area contributed by atoms with E-state index in [1.807, 2.05) is 20.2 Å². The van der Waals surface area contributed by atoms with Crippen LogP contribution in [0.5, 0.6) is 0 Å². The van der Waals surface area contributed by atoms with Gasteiger partial charge in [0.15, 0.2) is 0 Å². The lowest BCUT2D eigenvalue weighted by atomic mass is 10.1. The van der Waals surface area contributed by atoms with Gasteiger partial charge >= 0.3 is 0 Å². The molecule has 4 aromatic rings. The fourth-order valence-electron chi connectivity index (χ4n) is 4.23. The number of pyridine rings is 1. The van der Waals surface area contributed by atoms with E-state index < -0.39 is 5.82 Å². The van der Waals surface area contributed by atoms with E-state index in [1.54, 1.807) is 29.9 Å². The molecule has 0 bridgehead atoms. The van der Waals surface area contributed by atoms with Crippen molar-refractivity contribution in [2.75, 3.05) is 18.0 Å². The van der Waals surface area contributed by atoms with Crippen LogP contribution in [0.25, 0.3) is 22.2 Å². The SMILES string of the molecule is Cc1nc2cc(N3C[C@@H](C)O[C@@H](c4cnn(C)c4)C3)nc(-c3ccc(Cl)cc3F)c2c(=O)[nH]1. The molecule has 1 N–H and O–H groups in total. The Kier molecular flexibility index (Phi) is 5.38. The minimum absolute atomic E-state index is 0.0777. The Labute approximate surface area is 194 Å². The third kappa shape index (κ3) is 4.09. The third-order valence-electron chi connectivity index (χ3n) is 5.66. The fraction of sp³-hybridized carbons (Fsp3) is 0.304. The molecule has 1 aliphatic heterocycles. The van der Waals surface area contributed by atoms with Gasteiger partial charge in [0.25, 0.3) is 5.56 Å². The van der Waals surface area contributed by atoms with Gasteiger partial charge in [-0.25, -0.2) is 14.4 Å². The molecule has 1 saturated heterocycles. The number of nitrogens with zero attached hydrogens (tertiary/aromatic N) is 5. The first-order valence-electron chi connectivity index (χ1n) is 10.5. The number of H-pyrrole nitrogens is 1. The number of ether oxygens (including phenoxy) is 1. The maximum Gasteiger partial charge on any atom is 0.260 e. The molecular weight excluding hydrogens is 447 g/mol. The number of aryl methyl sites for hydroxylation is 2. The lowest BCUT2D eigenvalue weighted by molar-refractivity contribution is -0.0176. The van der Waals surface area contributed by atoms with Gasteiger partial charge in [-0.05, 0) is 32.0 Å². The molecule has 8 nitrogen and oxygen atoms in total. The van der Waals surface area contributed by atoms with Gasteiger partial charge in [0, 0.05) is 42.0 Å². The summed E-state index contributed by atoms with van der Waals surface area (Å²) in [5.74, 6) is 0.501. The zero-order valence-corrected chi connectivity index (χ0v) is 19.1. The van der Waals surface area contributed by atoms with Gasteiger partial charge in [0.1, 0.15) is 23.6 Å². The van der Waals surface area contributed by atoms with E-state index in [0.29, 0.717) is 30.2 Å².